The van der Waals surface area contributed by atoms with E-state index in [0.717, 1.165) is 28.1 Å². The fourth-order valence-corrected chi connectivity index (χ4v) is 3.44. The first-order valence-corrected chi connectivity index (χ1v) is 8.90. The molecular weight excluding hydrogens is 324 g/mol. The summed E-state index contributed by atoms with van der Waals surface area (Å²) >= 11 is 1.58. The van der Waals surface area contributed by atoms with E-state index >= 15 is 0 Å². The van der Waals surface area contributed by atoms with Crippen LogP contribution < -0.4 is 5.32 Å². The molecule has 6 heteroatoms. The zero-order chi connectivity index (χ0) is 16.9. The number of carboxylic acids is 1. The van der Waals surface area contributed by atoms with Crippen molar-refractivity contribution in [3.8, 4) is 10.8 Å². The van der Waals surface area contributed by atoms with E-state index < -0.39 is 12.0 Å². The van der Waals surface area contributed by atoms with Crippen LogP contribution in [0, 0.1) is 0 Å². The summed E-state index contributed by atoms with van der Waals surface area (Å²) in [4.78, 5) is 15.8. The second kappa shape index (κ2) is 7.59. The van der Waals surface area contributed by atoms with Gasteiger partial charge in [-0.15, -0.1) is 11.3 Å². The Kier molecular flexibility index (Phi) is 5.27. The number of furan rings is 1. The normalized spacial score (nSPS) is 12.5. The van der Waals surface area contributed by atoms with Crippen molar-refractivity contribution in [2.75, 3.05) is 0 Å². The average molecular weight is 344 g/mol. The fraction of sp³-hybridized carbons (Fsp3) is 0.333. The number of fused-ring (bicyclic) bond motifs is 1. The Hall–Kier alpha value is -2.18. The van der Waals surface area contributed by atoms with Gasteiger partial charge in [-0.2, -0.15) is 0 Å². The maximum Gasteiger partial charge on any atom is 0.320 e. The average Bonchev–Trinajstić information content (AvgIpc) is 3.20. The van der Waals surface area contributed by atoms with Crippen LogP contribution in [0.2, 0.25) is 0 Å². The van der Waals surface area contributed by atoms with E-state index in [1.54, 1.807) is 11.3 Å². The van der Waals surface area contributed by atoms with Crippen LogP contribution in [0.1, 0.15) is 31.9 Å². The van der Waals surface area contributed by atoms with Crippen molar-refractivity contribution in [2.45, 2.75) is 38.8 Å². The Morgan fingerprint density at radius 1 is 1.33 bits per heavy atom. The Morgan fingerprint density at radius 3 is 2.92 bits per heavy atom. The van der Waals surface area contributed by atoms with Gasteiger partial charge in [-0.3, -0.25) is 10.1 Å². The third-order valence-electron chi connectivity index (χ3n) is 3.83. The molecule has 0 aliphatic heterocycles. The van der Waals surface area contributed by atoms with Crippen molar-refractivity contribution in [3.05, 3.63) is 42.2 Å². The van der Waals surface area contributed by atoms with Crippen molar-refractivity contribution in [1.29, 1.82) is 0 Å². The number of rotatable bonds is 8. The summed E-state index contributed by atoms with van der Waals surface area (Å²) in [6, 6.07) is 11.2. The predicted molar refractivity (Wildman–Crippen MR) is 95.1 cm³/mol. The smallest absolute Gasteiger partial charge is 0.320 e. The Labute approximate surface area is 144 Å². The highest BCUT2D eigenvalue weighted by molar-refractivity contribution is 7.21. The van der Waals surface area contributed by atoms with E-state index in [9.17, 15) is 9.90 Å². The highest BCUT2D eigenvalue weighted by Crippen LogP contribution is 2.31. The molecular formula is C18H20N2O3S. The van der Waals surface area contributed by atoms with Gasteiger partial charge in [0.1, 0.15) is 11.8 Å². The summed E-state index contributed by atoms with van der Waals surface area (Å²) < 4.78 is 6.95. The van der Waals surface area contributed by atoms with Crippen molar-refractivity contribution in [1.82, 2.24) is 10.3 Å². The second-order valence-corrected chi connectivity index (χ2v) is 6.70. The van der Waals surface area contributed by atoms with Gasteiger partial charge in [-0.25, -0.2) is 4.98 Å². The summed E-state index contributed by atoms with van der Waals surface area (Å²) in [5.41, 5.74) is 0.957. The number of thiazole rings is 1. The van der Waals surface area contributed by atoms with Gasteiger partial charge in [0.2, 0.25) is 0 Å². The van der Waals surface area contributed by atoms with Crippen LogP contribution >= 0.6 is 11.3 Å². The molecule has 0 spiro atoms. The van der Waals surface area contributed by atoms with Crippen LogP contribution in [-0.4, -0.2) is 22.1 Å². The third-order valence-corrected chi connectivity index (χ3v) is 4.88. The Morgan fingerprint density at radius 2 is 2.17 bits per heavy atom. The van der Waals surface area contributed by atoms with Crippen LogP contribution in [0.3, 0.4) is 0 Å². The first kappa shape index (κ1) is 16.7. The minimum absolute atomic E-state index is 0.394. The lowest BCUT2D eigenvalue weighted by atomic mass is 10.1. The van der Waals surface area contributed by atoms with Crippen LogP contribution in [0.25, 0.3) is 21.0 Å². The molecule has 3 rings (SSSR count). The largest absolute Gasteiger partial charge is 0.480 e. The van der Waals surface area contributed by atoms with E-state index in [-0.39, 0.29) is 0 Å². The number of nitrogens with one attached hydrogen (secondary N) is 1. The van der Waals surface area contributed by atoms with E-state index in [4.69, 9.17) is 4.42 Å². The highest BCUT2D eigenvalue weighted by atomic mass is 32.1. The minimum atomic E-state index is -0.818. The lowest BCUT2D eigenvalue weighted by molar-refractivity contribution is -0.139. The molecule has 0 aliphatic carbocycles. The van der Waals surface area contributed by atoms with Crippen LogP contribution in [0.5, 0.6) is 0 Å². The molecule has 3 aromatic rings. The van der Waals surface area contributed by atoms with Crippen molar-refractivity contribution >= 4 is 27.5 Å². The first-order valence-electron chi connectivity index (χ1n) is 8.08. The molecule has 2 heterocycles. The van der Waals surface area contributed by atoms with E-state index in [1.165, 1.54) is 0 Å². The Balaban J connectivity index is 1.67. The highest BCUT2D eigenvalue weighted by Gasteiger charge is 2.17. The molecule has 1 atom stereocenters. The van der Waals surface area contributed by atoms with Gasteiger partial charge < -0.3 is 9.52 Å². The molecule has 0 fully saturated rings. The molecule has 24 heavy (non-hydrogen) atoms. The second-order valence-electron chi connectivity index (χ2n) is 5.67. The first-order chi connectivity index (χ1) is 11.7. The van der Waals surface area contributed by atoms with E-state index in [2.05, 4.69) is 17.2 Å². The summed E-state index contributed by atoms with van der Waals surface area (Å²) in [5, 5.41) is 13.1. The lowest BCUT2D eigenvalue weighted by Gasteiger charge is -2.12. The van der Waals surface area contributed by atoms with E-state index in [1.807, 2.05) is 36.4 Å². The molecule has 0 aliphatic rings. The summed E-state index contributed by atoms with van der Waals surface area (Å²) in [6.07, 6.45) is 2.49. The lowest BCUT2D eigenvalue weighted by Crippen LogP contribution is -2.36. The Bertz CT molecular complexity index is 791. The third kappa shape index (κ3) is 3.83. The number of carboxylic acid groups (broad SMARTS) is 1. The van der Waals surface area contributed by atoms with Crippen molar-refractivity contribution < 1.29 is 14.3 Å². The van der Waals surface area contributed by atoms with Gasteiger partial charge >= 0.3 is 5.97 Å². The number of aliphatic carboxylic acids is 1. The quantitative estimate of drug-likeness (QED) is 0.637. The van der Waals surface area contributed by atoms with Crippen molar-refractivity contribution in [3.63, 3.8) is 0 Å². The number of nitrogens with zero attached hydrogens (tertiary/aromatic N) is 1. The predicted octanol–water partition coefficient (Wildman–Crippen LogP) is 4.29. The van der Waals surface area contributed by atoms with Gasteiger partial charge in [0.15, 0.2) is 10.8 Å². The number of carbonyl (C=O) groups is 1. The standard InChI is InChI=1S/C18H20N2O3S/c1-2-3-6-14(18(21)22)19-11-12-9-10-15(23-12)17-20-13-7-4-5-8-16(13)24-17/h4-5,7-10,14,19H,2-3,6,11H2,1H3,(H,21,22)/t14-/m0/s1. The number of unbranched alkanes of at least 4 members (excludes halogenated alkanes) is 1. The maximum atomic E-state index is 11.3. The van der Waals surface area contributed by atoms with Gasteiger partial charge in [0.05, 0.1) is 16.8 Å². The monoisotopic (exact) mass is 344 g/mol. The van der Waals surface area contributed by atoms with Gasteiger partial charge in [-0.05, 0) is 30.7 Å². The molecule has 126 valence electrons. The molecule has 0 saturated heterocycles. The molecule has 2 N–H and O–H groups in total. The molecule has 2 aromatic heterocycles. The van der Waals surface area contributed by atoms with Crippen LogP contribution in [-0.2, 0) is 11.3 Å². The van der Waals surface area contributed by atoms with Gasteiger partial charge in [0.25, 0.3) is 0 Å². The molecule has 0 radical (unpaired) electrons. The van der Waals surface area contributed by atoms with Crippen LogP contribution in [0.4, 0.5) is 0 Å². The number of aromatic nitrogens is 1. The van der Waals surface area contributed by atoms with Crippen molar-refractivity contribution in [2.24, 2.45) is 0 Å². The minimum Gasteiger partial charge on any atom is -0.480 e. The fourth-order valence-electron chi connectivity index (χ4n) is 2.51. The zero-order valence-corrected chi connectivity index (χ0v) is 14.3. The zero-order valence-electron chi connectivity index (χ0n) is 13.5. The summed E-state index contributed by atoms with van der Waals surface area (Å²) in [6.45, 7) is 2.45. The molecule has 0 unspecified atom stereocenters. The maximum absolute atomic E-state index is 11.3. The number of hydrogen-bond donors (Lipinski definition) is 2. The molecule has 0 bridgehead atoms. The van der Waals surface area contributed by atoms with Gasteiger partial charge in [-0.1, -0.05) is 31.9 Å². The molecule has 5 nitrogen and oxygen atoms in total. The number of hydrogen-bond acceptors (Lipinski definition) is 5. The molecule has 0 saturated carbocycles. The van der Waals surface area contributed by atoms with Gasteiger partial charge in [0, 0.05) is 0 Å². The summed E-state index contributed by atoms with van der Waals surface area (Å²) in [7, 11) is 0. The van der Waals surface area contributed by atoms with E-state index in [0.29, 0.717) is 24.5 Å². The molecule has 1 aromatic carbocycles. The SMILES string of the molecule is CCCC[C@H](NCc1ccc(-c2nc3ccccc3s2)o1)C(=O)O. The number of benzene rings is 1. The molecule has 0 amide bonds. The summed E-state index contributed by atoms with van der Waals surface area (Å²) in [5.74, 6) is 0.613. The van der Waals surface area contributed by atoms with Crippen LogP contribution in [0.15, 0.2) is 40.8 Å². The number of para-hydroxylation sites is 1. The topological polar surface area (TPSA) is 75.4 Å².